The lowest BCUT2D eigenvalue weighted by atomic mass is 10.1. The molecule has 1 amide bonds. The van der Waals surface area contributed by atoms with Gasteiger partial charge < -0.3 is 9.88 Å². The summed E-state index contributed by atoms with van der Waals surface area (Å²) in [5, 5.41) is 2.83. The summed E-state index contributed by atoms with van der Waals surface area (Å²) in [4.78, 5) is 44.3. The number of nitrogens with one attached hydrogen (secondary N) is 1. The summed E-state index contributed by atoms with van der Waals surface area (Å²) >= 11 is 0. The largest absolute Gasteiger partial charge is 0.354 e. The first-order valence-electron chi connectivity index (χ1n) is 12.2. The van der Waals surface area contributed by atoms with Crippen LogP contribution in [0.2, 0.25) is 0 Å². The van der Waals surface area contributed by atoms with Crippen molar-refractivity contribution in [3.05, 3.63) is 135 Å². The minimum absolute atomic E-state index is 0.231. The predicted molar refractivity (Wildman–Crippen MR) is 142 cm³/mol. The van der Waals surface area contributed by atoms with Crippen LogP contribution in [0.15, 0.2) is 107 Å². The van der Waals surface area contributed by atoms with Gasteiger partial charge in [0.25, 0.3) is 5.56 Å². The van der Waals surface area contributed by atoms with Gasteiger partial charge in [-0.05, 0) is 23.1 Å². The van der Waals surface area contributed by atoms with Gasteiger partial charge in [-0.15, -0.1) is 0 Å². The number of fused-ring (bicyclic) bond motifs is 1. The van der Waals surface area contributed by atoms with Gasteiger partial charge in [-0.1, -0.05) is 91.0 Å². The first-order valence-corrected chi connectivity index (χ1v) is 12.2. The molecule has 8 nitrogen and oxygen atoms in total. The lowest BCUT2D eigenvalue weighted by molar-refractivity contribution is -0.121. The van der Waals surface area contributed by atoms with E-state index in [1.54, 1.807) is 10.9 Å². The number of hydrogen-bond donors (Lipinski definition) is 1. The fourth-order valence-electron chi connectivity index (χ4n) is 4.38. The maximum absolute atomic E-state index is 13.6. The lowest BCUT2D eigenvalue weighted by Crippen LogP contribution is -2.44. The van der Waals surface area contributed by atoms with E-state index in [9.17, 15) is 14.4 Å². The minimum Gasteiger partial charge on any atom is -0.354 e. The highest BCUT2D eigenvalue weighted by Crippen LogP contribution is 2.12. The van der Waals surface area contributed by atoms with E-state index in [0.29, 0.717) is 25.2 Å². The number of aromatic nitrogens is 4. The van der Waals surface area contributed by atoms with Crippen molar-refractivity contribution in [1.29, 1.82) is 0 Å². The smallest absolute Gasteiger partial charge is 0.333 e. The molecule has 0 fully saturated rings. The van der Waals surface area contributed by atoms with Crippen molar-refractivity contribution < 1.29 is 4.79 Å². The molecule has 37 heavy (non-hydrogen) atoms. The molecule has 0 spiro atoms. The first kappa shape index (κ1) is 24.0. The van der Waals surface area contributed by atoms with Crippen molar-refractivity contribution in [2.45, 2.75) is 26.1 Å². The second kappa shape index (κ2) is 10.9. The molecule has 2 aromatic heterocycles. The van der Waals surface area contributed by atoms with Crippen molar-refractivity contribution in [2.75, 3.05) is 6.54 Å². The molecule has 0 aliphatic carbocycles. The highest BCUT2D eigenvalue weighted by molar-refractivity contribution is 5.76. The molecular formula is C29H27N5O3. The average Bonchev–Trinajstić information content (AvgIpc) is 3.34. The molecule has 0 saturated carbocycles. The Morgan fingerprint density at radius 3 is 1.92 bits per heavy atom. The van der Waals surface area contributed by atoms with Crippen molar-refractivity contribution in [3.8, 4) is 0 Å². The monoisotopic (exact) mass is 493 g/mol. The van der Waals surface area contributed by atoms with Gasteiger partial charge in [-0.25, -0.2) is 14.3 Å². The molecule has 2 heterocycles. The quantitative estimate of drug-likeness (QED) is 0.342. The maximum atomic E-state index is 13.6. The number of hydrogen-bond acceptors (Lipinski definition) is 4. The minimum atomic E-state index is -0.565. The van der Waals surface area contributed by atoms with Gasteiger partial charge in [0.2, 0.25) is 5.91 Å². The SMILES string of the molecule is O=C(Cn1c(=O)c2c(ncn2Cc2ccccc2)n(Cc2ccccc2)c1=O)NCCc1ccccc1. The number of rotatable bonds is 9. The van der Waals surface area contributed by atoms with Crippen LogP contribution in [0, 0.1) is 0 Å². The van der Waals surface area contributed by atoms with Crippen LogP contribution in [0.4, 0.5) is 0 Å². The number of carbonyl (C=O) groups excluding carboxylic acids is 1. The fraction of sp³-hybridized carbons (Fsp3) is 0.172. The summed E-state index contributed by atoms with van der Waals surface area (Å²) in [5.41, 5.74) is 2.47. The summed E-state index contributed by atoms with van der Waals surface area (Å²) in [6, 6.07) is 29.0. The van der Waals surface area contributed by atoms with Crippen LogP contribution in [-0.2, 0) is 30.8 Å². The molecule has 5 aromatic rings. The van der Waals surface area contributed by atoms with Gasteiger partial charge in [0.05, 0.1) is 12.9 Å². The molecule has 0 atom stereocenters. The molecule has 0 aliphatic rings. The van der Waals surface area contributed by atoms with Gasteiger partial charge in [-0.3, -0.25) is 14.2 Å². The molecule has 5 rings (SSSR count). The molecule has 186 valence electrons. The van der Waals surface area contributed by atoms with E-state index in [1.807, 2.05) is 91.0 Å². The van der Waals surface area contributed by atoms with E-state index in [2.05, 4.69) is 10.3 Å². The Morgan fingerprint density at radius 2 is 1.30 bits per heavy atom. The number of carbonyl (C=O) groups is 1. The first-order chi connectivity index (χ1) is 18.1. The van der Waals surface area contributed by atoms with Gasteiger partial charge in [0.1, 0.15) is 6.54 Å². The van der Waals surface area contributed by atoms with Crippen molar-refractivity contribution in [2.24, 2.45) is 0 Å². The van der Waals surface area contributed by atoms with Gasteiger partial charge in [-0.2, -0.15) is 0 Å². The molecule has 3 aromatic carbocycles. The van der Waals surface area contributed by atoms with E-state index >= 15 is 0 Å². The second-order valence-electron chi connectivity index (χ2n) is 8.86. The molecule has 0 radical (unpaired) electrons. The Kier molecular flexibility index (Phi) is 7.07. The zero-order valence-corrected chi connectivity index (χ0v) is 20.3. The van der Waals surface area contributed by atoms with E-state index < -0.39 is 17.2 Å². The molecule has 8 heteroatoms. The normalized spacial score (nSPS) is 11.0. The standard InChI is InChI=1S/C29H27N5O3/c35-25(30-17-16-22-10-4-1-5-11-22)20-34-28(36)26-27(31-21-32(26)18-23-12-6-2-7-13-23)33(29(34)37)19-24-14-8-3-9-15-24/h1-15,21H,16-20H2,(H,30,35). The summed E-state index contributed by atoms with van der Waals surface area (Å²) < 4.78 is 4.20. The van der Waals surface area contributed by atoms with Crippen LogP contribution < -0.4 is 16.6 Å². The average molecular weight is 494 g/mol. The van der Waals surface area contributed by atoms with Crippen LogP contribution in [0.1, 0.15) is 16.7 Å². The Morgan fingerprint density at radius 1 is 0.730 bits per heavy atom. The molecule has 0 aliphatic heterocycles. The highest BCUT2D eigenvalue weighted by Gasteiger charge is 2.20. The van der Waals surface area contributed by atoms with Gasteiger partial charge >= 0.3 is 5.69 Å². The fourth-order valence-corrected chi connectivity index (χ4v) is 4.38. The Labute approximate surface area is 213 Å². The predicted octanol–water partition coefficient (Wildman–Crippen LogP) is 2.82. The van der Waals surface area contributed by atoms with Gasteiger partial charge in [0.15, 0.2) is 11.2 Å². The van der Waals surface area contributed by atoms with Crippen LogP contribution >= 0.6 is 0 Å². The molecule has 0 unspecified atom stereocenters. The zero-order chi connectivity index (χ0) is 25.6. The van der Waals surface area contributed by atoms with E-state index in [-0.39, 0.29) is 18.6 Å². The summed E-state index contributed by atoms with van der Waals surface area (Å²) in [7, 11) is 0. The van der Waals surface area contributed by atoms with Crippen molar-refractivity contribution in [1.82, 2.24) is 24.0 Å². The van der Waals surface area contributed by atoms with Crippen LogP contribution in [0.25, 0.3) is 11.2 Å². The molecule has 0 saturated heterocycles. The molecular weight excluding hydrogens is 466 g/mol. The van der Waals surface area contributed by atoms with Crippen molar-refractivity contribution >= 4 is 17.1 Å². The van der Waals surface area contributed by atoms with Gasteiger partial charge in [0, 0.05) is 13.1 Å². The molecule has 1 N–H and O–H groups in total. The van der Waals surface area contributed by atoms with E-state index in [4.69, 9.17) is 0 Å². The Hall–Kier alpha value is -4.72. The van der Waals surface area contributed by atoms with E-state index in [1.165, 1.54) is 4.57 Å². The Bertz CT molecular complexity index is 1620. The lowest BCUT2D eigenvalue weighted by Gasteiger charge is -2.13. The summed E-state index contributed by atoms with van der Waals surface area (Å²) in [6.07, 6.45) is 2.23. The third-order valence-corrected chi connectivity index (χ3v) is 6.24. The second-order valence-corrected chi connectivity index (χ2v) is 8.86. The van der Waals surface area contributed by atoms with E-state index in [0.717, 1.165) is 21.3 Å². The highest BCUT2D eigenvalue weighted by atomic mass is 16.2. The zero-order valence-electron chi connectivity index (χ0n) is 20.3. The Balaban J connectivity index is 1.49. The third-order valence-electron chi connectivity index (χ3n) is 6.24. The van der Waals surface area contributed by atoms with Crippen molar-refractivity contribution in [3.63, 3.8) is 0 Å². The third kappa shape index (κ3) is 5.43. The van der Waals surface area contributed by atoms with Crippen LogP contribution in [0.3, 0.4) is 0 Å². The number of amides is 1. The maximum Gasteiger partial charge on any atom is 0.333 e. The topological polar surface area (TPSA) is 90.9 Å². The van der Waals surface area contributed by atoms with Crippen LogP contribution in [0.5, 0.6) is 0 Å². The summed E-state index contributed by atoms with van der Waals surface area (Å²) in [5.74, 6) is -0.394. The number of benzene rings is 3. The molecule has 0 bridgehead atoms. The number of imidazole rings is 1. The van der Waals surface area contributed by atoms with Crippen LogP contribution in [-0.4, -0.2) is 31.1 Å². The number of nitrogens with zero attached hydrogens (tertiary/aromatic N) is 4. The summed E-state index contributed by atoms with van der Waals surface area (Å²) in [6.45, 7) is 0.686.